The van der Waals surface area contributed by atoms with E-state index in [1.165, 1.54) is 0 Å². The number of benzene rings is 1. The maximum absolute atomic E-state index is 12.8. The fraction of sp³-hybridized carbons (Fsp3) is 0.444. The van der Waals surface area contributed by atoms with Crippen LogP contribution in [0.4, 0.5) is 0 Å². The first-order chi connectivity index (χ1) is 11.5. The van der Waals surface area contributed by atoms with E-state index >= 15 is 0 Å². The Hall–Kier alpha value is -1.85. The van der Waals surface area contributed by atoms with Crippen molar-refractivity contribution in [2.75, 3.05) is 13.1 Å². The summed E-state index contributed by atoms with van der Waals surface area (Å²) in [7, 11) is 0. The lowest BCUT2D eigenvalue weighted by atomic mass is 9.93. The topological polar surface area (TPSA) is 58.4 Å². The van der Waals surface area contributed by atoms with Gasteiger partial charge < -0.3 is 10.0 Å². The van der Waals surface area contributed by atoms with E-state index in [-0.39, 0.29) is 11.8 Å². The summed E-state index contributed by atoms with van der Waals surface area (Å²) in [5.41, 5.74) is 2.03. The molecule has 24 heavy (non-hydrogen) atoms. The third kappa shape index (κ3) is 3.32. The number of aryl methyl sites for hydroxylation is 1. The first-order valence-electron chi connectivity index (χ1n) is 8.26. The van der Waals surface area contributed by atoms with Crippen molar-refractivity contribution in [2.45, 2.75) is 32.8 Å². The average Bonchev–Trinajstić information content (AvgIpc) is 2.96. The molecule has 1 aromatic carbocycles. The van der Waals surface area contributed by atoms with Gasteiger partial charge in [0.1, 0.15) is 0 Å². The molecule has 0 radical (unpaired) electrons. The number of nitrogens with zero attached hydrogens (tertiary/aromatic N) is 3. The highest BCUT2D eigenvalue weighted by molar-refractivity contribution is 6.32. The summed E-state index contributed by atoms with van der Waals surface area (Å²) >= 11 is 6.24. The molecule has 6 heteroatoms. The Morgan fingerprint density at radius 3 is 2.88 bits per heavy atom. The van der Waals surface area contributed by atoms with Gasteiger partial charge in [-0.2, -0.15) is 5.10 Å². The van der Waals surface area contributed by atoms with Gasteiger partial charge in [0, 0.05) is 24.7 Å². The van der Waals surface area contributed by atoms with Crippen LogP contribution < -0.4 is 0 Å². The Balaban J connectivity index is 1.84. The maximum Gasteiger partial charge on any atom is 0.274 e. The second-order valence-corrected chi connectivity index (χ2v) is 6.84. The Labute approximate surface area is 146 Å². The SMILES string of the molecule is Cc1cc(C(=O)N2CCCC(C(C)O)C2)nn1-c1ccccc1Cl. The molecule has 2 atom stereocenters. The number of aliphatic hydroxyl groups excluding tert-OH is 1. The second-order valence-electron chi connectivity index (χ2n) is 6.43. The van der Waals surface area contributed by atoms with Crippen molar-refractivity contribution in [3.63, 3.8) is 0 Å². The van der Waals surface area contributed by atoms with Gasteiger partial charge in [0.25, 0.3) is 5.91 Å². The summed E-state index contributed by atoms with van der Waals surface area (Å²) in [4.78, 5) is 14.6. The number of rotatable bonds is 3. The zero-order valence-electron chi connectivity index (χ0n) is 13.9. The van der Waals surface area contributed by atoms with E-state index in [1.54, 1.807) is 28.6 Å². The molecule has 0 saturated carbocycles. The standard InChI is InChI=1S/C18H22ClN3O2/c1-12-10-16(20-22(12)17-8-4-3-7-15(17)19)18(24)21-9-5-6-14(11-21)13(2)23/h3-4,7-8,10,13-14,23H,5-6,9,11H2,1-2H3. The Kier molecular flexibility index (Phi) is 4.92. The predicted molar refractivity (Wildman–Crippen MR) is 93.6 cm³/mol. The van der Waals surface area contributed by atoms with Crippen LogP contribution in [0.25, 0.3) is 5.69 Å². The van der Waals surface area contributed by atoms with Crippen molar-refractivity contribution in [3.8, 4) is 5.69 Å². The van der Waals surface area contributed by atoms with Crippen molar-refractivity contribution < 1.29 is 9.90 Å². The van der Waals surface area contributed by atoms with Crippen LogP contribution in [0.1, 0.15) is 35.9 Å². The number of carbonyl (C=O) groups excluding carboxylic acids is 1. The zero-order chi connectivity index (χ0) is 17.3. The van der Waals surface area contributed by atoms with E-state index in [2.05, 4.69) is 5.10 Å². The molecule has 2 aromatic rings. The van der Waals surface area contributed by atoms with Gasteiger partial charge >= 0.3 is 0 Å². The van der Waals surface area contributed by atoms with Crippen molar-refractivity contribution in [1.82, 2.24) is 14.7 Å². The molecule has 1 amide bonds. The molecule has 2 heterocycles. The second kappa shape index (κ2) is 6.95. The summed E-state index contributed by atoms with van der Waals surface area (Å²) in [6, 6.07) is 9.22. The molecule has 0 bridgehead atoms. The van der Waals surface area contributed by atoms with Crippen LogP contribution in [0, 0.1) is 12.8 Å². The van der Waals surface area contributed by atoms with Gasteiger partial charge in [-0.1, -0.05) is 23.7 Å². The van der Waals surface area contributed by atoms with E-state index < -0.39 is 6.10 Å². The number of hydrogen-bond donors (Lipinski definition) is 1. The van der Waals surface area contributed by atoms with Gasteiger partial charge in [-0.15, -0.1) is 0 Å². The summed E-state index contributed by atoms with van der Waals surface area (Å²) in [6.45, 7) is 4.98. The Bertz CT molecular complexity index is 742. The summed E-state index contributed by atoms with van der Waals surface area (Å²) in [6.07, 6.45) is 1.46. The fourth-order valence-corrected chi connectivity index (χ4v) is 3.41. The summed E-state index contributed by atoms with van der Waals surface area (Å²) in [5.74, 6) is 0.0451. The van der Waals surface area contributed by atoms with Crippen LogP contribution in [-0.4, -0.2) is 44.9 Å². The van der Waals surface area contributed by atoms with Crippen LogP contribution in [-0.2, 0) is 0 Å². The molecule has 1 aliphatic heterocycles. The number of piperidine rings is 1. The van der Waals surface area contributed by atoms with Crippen LogP contribution >= 0.6 is 11.6 Å². The quantitative estimate of drug-likeness (QED) is 0.928. The molecule has 1 N–H and O–H groups in total. The number of likely N-dealkylation sites (tertiary alicyclic amines) is 1. The van der Waals surface area contributed by atoms with Gasteiger partial charge in [-0.3, -0.25) is 4.79 Å². The number of aliphatic hydroxyl groups is 1. The average molecular weight is 348 g/mol. The Morgan fingerprint density at radius 2 is 2.17 bits per heavy atom. The number of hydrogen-bond acceptors (Lipinski definition) is 3. The predicted octanol–water partition coefficient (Wildman–Crippen LogP) is 3.07. The van der Waals surface area contributed by atoms with Gasteiger partial charge in [-0.05, 0) is 44.9 Å². The minimum absolute atomic E-state index is 0.0887. The third-order valence-electron chi connectivity index (χ3n) is 4.61. The van der Waals surface area contributed by atoms with Crippen LogP contribution in [0.3, 0.4) is 0 Å². The minimum atomic E-state index is -0.400. The van der Waals surface area contributed by atoms with Crippen molar-refractivity contribution in [2.24, 2.45) is 5.92 Å². The minimum Gasteiger partial charge on any atom is -0.393 e. The van der Waals surface area contributed by atoms with E-state index in [9.17, 15) is 9.90 Å². The molecule has 1 aromatic heterocycles. The van der Waals surface area contributed by atoms with E-state index in [4.69, 9.17) is 11.6 Å². The molecule has 1 saturated heterocycles. The lowest BCUT2D eigenvalue weighted by Gasteiger charge is -2.33. The normalized spacial score (nSPS) is 19.3. The highest BCUT2D eigenvalue weighted by Crippen LogP contribution is 2.24. The molecule has 2 unspecified atom stereocenters. The van der Waals surface area contributed by atoms with Crippen molar-refractivity contribution >= 4 is 17.5 Å². The smallest absolute Gasteiger partial charge is 0.274 e. The number of amides is 1. The highest BCUT2D eigenvalue weighted by atomic mass is 35.5. The summed E-state index contributed by atoms with van der Waals surface area (Å²) in [5, 5.41) is 14.9. The first-order valence-corrected chi connectivity index (χ1v) is 8.64. The largest absolute Gasteiger partial charge is 0.393 e. The molecule has 0 aliphatic carbocycles. The van der Waals surface area contributed by atoms with Gasteiger partial charge in [0.15, 0.2) is 5.69 Å². The molecule has 1 fully saturated rings. The van der Waals surface area contributed by atoms with Gasteiger partial charge in [-0.25, -0.2) is 4.68 Å². The van der Waals surface area contributed by atoms with Gasteiger partial charge in [0.05, 0.1) is 16.8 Å². The summed E-state index contributed by atoms with van der Waals surface area (Å²) < 4.78 is 1.70. The maximum atomic E-state index is 12.8. The lowest BCUT2D eigenvalue weighted by Crippen LogP contribution is -2.43. The zero-order valence-corrected chi connectivity index (χ0v) is 14.7. The molecular formula is C18H22ClN3O2. The molecule has 0 spiro atoms. The number of carbonyl (C=O) groups is 1. The number of aromatic nitrogens is 2. The molecule has 3 rings (SSSR count). The first kappa shape index (κ1) is 17.0. The Morgan fingerprint density at radius 1 is 1.42 bits per heavy atom. The van der Waals surface area contributed by atoms with E-state index in [0.717, 1.165) is 24.2 Å². The van der Waals surface area contributed by atoms with Crippen molar-refractivity contribution in [3.05, 3.63) is 46.7 Å². The van der Waals surface area contributed by atoms with Crippen LogP contribution in [0.2, 0.25) is 5.02 Å². The van der Waals surface area contributed by atoms with Crippen LogP contribution in [0.15, 0.2) is 30.3 Å². The highest BCUT2D eigenvalue weighted by Gasteiger charge is 2.28. The molecular weight excluding hydrogens is 326 g/mol. The van der Waals surface area contributed by atoms with Gasteiger partial charge in [0.2, 0.25) is 0 Å². The molecule has 1 aliphatic rings. The van der Waals surface area contributed by atoms with E-state index in [1.807, 2.05) is 25.1 Å². The van der Waals surface area contributed by atoms with Crippen LogP contribution in [0.5, 0.6) is 0 Å². The number of halogens is 1. The third-order valence-corrected chi connectivity index (χ3v) is 4.93. The van der Waals surface area contributed by atoms with E-state index in [0.29, 0.717) is 23.8 Å². The number of para-hydroxylation sites is 1. The lowest BCUT2D eigenvalue weighted by molar-refractivity contribution is 0.0461. The monoisotopic (exact) mass is 347 g/mol. The van der Waals surface area contributed by atoms with Crippen molar-refractivity contribution in [1.29, 1.82) is 0 Å². The molecule has 5 nitrogen and oxygen atoms in total. The fourth-order valence-electron chi connectivity index (χ4n) is 3.20. The molecule has 128 valence electrons.